The first-order valence-electron chi connectivity index (χ1n) is 3.70. The van der Waals surface area contributed by atoms with Crippen LogP contribution < -0.4 is 0 Å². The highest BCUT2D eigenvalue weighted by atomic mass is 15.3. The Labute approximate surface area is 66.3 Å². The van der Waals surface area contributed by atoms with E-state index in [4.69, 9.17) is 5.26 Å². The number of rotatable bonds is 3. The number of aromatic nitrogens is 2. The molecule has 0 saturated carbocycles. The molecule has 3 nitrogen and oxygen atoms in total. The first-order chi connectivity index (χ1) is 5.33. The molecule has 0 N–H and O–H groups in total. The molecule has 0 radical (unpaired) electrons. The van der Waals surface area contributed by atoms with Crippen LogP contribution in [-0.2, 0) is 6.54 Å². The van der Waals surface area contributed by atoms with Crippen molar-refractivity contribution in [2.75, 3.05) is 0 Å². The monoisotopic (exact) mass is 149 g/mol. The molecule has 0 fully saturated rings. The van der Waals surface area contributed by atoms with Gasteiger partial charge in [-0.2, -0.15) is 10.4 Å². The fourth-order valence-electron chi connectivity index (χ4n) is 0.908. The third-order valence-corrected chi connectivity index (χ3v) is 1.45. The Morgan fingerprint density at radius 3 is 3.09 bits per heavy atom. The predicted octanol–water partition coefficient (Wildman–Crippen LogP) is 1.50. The Kier molecular flexibility index (Phi) is 2.67. The van der Waals surface area contributed by atoms with Crippen molar-refractivity contribution in [1.82, 2.24) is 9.78 Å². The second kappa shape index (κ2) is 3.77. The summed E-state index contributed by atoms with van der Waals surface area (Å²) in [5.74, 6) is 0. The molecule has 0 unspecified atom stereocenters. The second-order valence-corrected chi connectivity index (χ2v) is 2.48. The van der Waals surface area contributed by atoms with E-state index in [2.05, 4.69) is 11.2 Å². The Balaban J connectivity index is 2.34. The van der Waals surface area contributed by atoms with Gasteiger partial charge in [0.05, 0.1) is 11.8 Å². The summed E-state index contributed by atoms with van der Waals surface area (Å²) in [5, 5.41) is 12.5. The van der Waals surface area contributed by atoms with E-state index in [1.807, 2.05) is 23.9 Å². The number of hydrogen-bond donors (Lipinski definition) is 0. The molecule has 0 spiro atoms. The fourth-order valence-corrected chi connectivity index (χ4v) is 0.908. The van der Waals surface area contributed by atoms with Crippen LogP contribution in [0.2, 0.25) is 0 Å². The molecule has 1 heterocycles. The zero-order chi connectivity index (χ0) is 8.10. The van der Waals surface area contributed by atoms with Crippen molar-refractivity contribution in [1.29, 1.82) is 5.26 Å². The van der Waals surface area contributed by atoms with Gasteiger partial charge in [0.2, 0.25) is 0 Å². The molecule has 0 aliphatic rings. The maximum atomic E-state index is 8.27. The van der Waals surface area contributed by atoms with Crippen LogP contribution in [0.5, 0.6) is 0 Å². The van der Waals surface area contributed by atoms with E-state index in [0.717, 1.165) is 18.7 Å². The molecule has 1 aromatic heterocycles. The van der Waals surface area contributed by atoms with Crippen LogP contribution in [0, 0.1) is 18.3 Å². The second-order valence-electron chi connectivity index (χ2n) is 2.48. The lowest BCUT2D eigenvalue weighted by molar-refractivity contribution is 0.582. The number of nitrogens with zero attached hydrogens (tertiary/aromatic N) is 3. The standard InChI is InChI=1S/C8H11N3/c1-8-4-7-11(10-8)6-3-2-5-9/h4,7H,2-3,6H2,1H3. The van der Waals surface area contributed by atoms with Gasteiger partial charge in [0.1, 0.15) is 0 Å². The van der Waals surface area contributed by atoms with E-state index in [0.29, 0.717) is 6.42 Å². The third kappa shape index (κ3) is 2.42. The van der Waals surface area contributed by atoms with Gasteiger partial charge in [-0.3, -0.25) is 4.68 Å². The van der Waals surface area contributed by atoms with Gasteiger partial charge in [0.15, 0.2) is 0 Å². The number of nitriles is 1. The van der Waals surface area contributed by atoms with Gasteiger partial charge in [-0.1, -0.05) is 0 Å². The first-order valence-corrected chi connectivity index (χ1v) is 3.70. The van der Waals surface area contributed by atoms with Crippen molar-refractivity contribution >= 4 is 0 Å². The Bertz CT molecular complexity index is 257. The van der Waals surface area contributed by atoms with Gasteiger partial charge in [-0.15, -0.1) is 0 Å². The summed E-state index contributed by atoms with van der Waals surface area (Å²) >= 11 is 0. The fraction of sp³-hybridized carbons (Fsp3) is 0.500. The molecule has 1 aromatic rings. The summed E-state index contributed by atoms with van der Waals surface area (Å²) < 4.78 is 1.87. The number of hydrogen-bond acceptors (Lipinski definition) is 2. The Hall–Kier alpha value is -1.30. The summed E-state index contributed by atoms with van der Waals surface area (Å²) in [6.45, 7) is 2.81. The van der Waals surface area contributed by atoms with Gasteiger partial charge in [0.25, 0.3) is 0 Å². The summed E-state index contributed by atoms with van der Waals surface area (Å²) in [5.41, 5.74) is 1.03. The molecular formula is C8H11N3. The topological polar surface area (TPSA) is 41.6 Å². The van der Waals surface area contributed by atoms with E-state index in [1.54, 1.807) is 0 Å². The highest BCUT2D eigenvalue weighted by Crippen LogP contribution is 1.95. The van der Waals surface area contributed by atoms with Crippen molar-refractivity contribution in [2.45, 2.75) is 26.3 Å². The Morgan fingerprint density at radius 1 is 1.73 bits per heavy atom. The molecule has 11 heavy (non-hydrogen) atoms. The lowest BCUT2D eigenvalue weighted by Crippen LogP contribution is -1.97. The molecule has 0 saturated heterocycles. The van der Waals surface area contributed by atoms with Gasteiger partial charge < -0.3 is 0 Å². The zero-order valence-corrected chi connectivity index (χ0v) is 6.62. The van der Waals surface area contributed by atoms with Gasteiger partial charge >= 0.3 is 0 Å². The number of aryl methyl sites for hydroxylation is 2. The summed E-state index contributed by atoms with van der Waals surface area (Å²) in [4.78, 5) is 0. The quantitative estimate of drug-likeness (QED) is 0.611. The van der Waals surface area contributed by atoms with Crippen molar-refractivity contribution in [3.8, 4) is 6.07 Å². The van der Waals surface area contributed by atoms with E-state index >= 15 is 0 Å². The molecule has 0 atom stereocenters. The molecule has 58 valence electrons. The lowest BCUT2D eigenvalue weighted by Gasteiger charge is -1.95. The molecule has 0 bridgehead atoms. The molecule has 0 aliphatic carbocycles. The maximum absolute atomic E-state index is 8.27. The van der Waals surface area contributed by atoms with Crippen LogP contribution in [0.4, 0.5) is 0 Å². The van der Waals surface area contributed by atoms with Crippen LogP contribution in [0.15, 0.2) is 12.3 Å². The zero-order valence-electron chi connectivity index (χ0n) is 6.62. The van der Waals surface area contributed by atoms with Crippen LogP contribution >= 0.6 is 0 Å². The molecule has 1 rings (SSSR count). The molecule has 0 aliphatic heterocycles. The van der Waals surface area contributed by atoms with E-state index in [1.165, 1.54) is 0 Å². The summed E-state index contributed by atoms with van der Waals surface area (Å²) in [6.07, 6.45) is 3.43. The van der Waals surface area contributed by atoms with Crippen LogP contribution in [-0.4, -0.2) is 9.78 Å². The predicted molar refractivity (Wildman–Crippen MR) is 41.8 cm³/mol. The van der Waals surface area contributed by atoms with E-state index in [9.17, 15) is 0 Å². The highest BCUT2D eigenvalue weighted by Gasteiger charge is 1.92. The molecular weight excluding hydrogens is 138 g/mol. The average Bonchev–Trinajstić information content (AvgIpc) is 2.37. The maximum Gasteiger partial charge on any atom is 0.0622 e. The van der Waals surface area contributed by atoms with Crippen molar-refractivity contribution in [2.24, 2.45) is 0 Å². The smallest absolute Gasteiger partial charge is 0.0622 e. The Morgan fingerprint density at radius 2 is 2.55 bits per heavy atom. The molecule has 0 aromatic carbocycles. The minimum atomic E-state index is 0.610. The molecule has 3 heteroatoms. The lowest BCUT2D eigenvalue weighted by atomic mass is 10.3. The van der Waals surface area contributed by atoms with Gasteiger partial charge in [-0.25, -0.2) is 0 Å². The summed E-state index contributed by atoms with van der Waals surface area (Å²) in [6, 6.07) is 4.07. The largest absolute Gasteiger partial charge is 0.272 e. The van der Waals surface area contributed by atoms with Crippen LogP contribution in [0.3, 0.4) is 0 Å². The van der Waals surface area contributed by atoms with Crippen LogP contribution in [0.1, 0.15) is 18.5 Å². The third-order valence-electron chi connectivity index (χ3n) is 1.45. The SMILES string of the molecule is Cc1ccn(CCCC#N)n1. The van der Waals surface area contributed by atoms with Crippen molar-refractivity contribution in [3.05, 3.63) is 18.0 Å². The number of unbranched alkanes of at least 4 members (excludes halogenated alkanes) is 1. The van der Waals surface area contributed by atoms with Crippen molar-refractivity contribution in [3.63, 3.8) is 0 Å². The van der Waals surface area contributed by atoms with E-state index in [-0.39, 0.29) is 0 Å². The molecule has 0 amide bonds. The average molecular weight is 149 g/mol. The van der Waals surface area contributed by atoms with E-state index < -0.39 is 0 Å². The summed E-state index contributed by atoms with van der Waals surface area (Å²) in [7, 11) is 0. The highest BCUT2D eigenvalue weighted by molar-refractivity contribution is 4.94. The van der Waals surface area contributed by atoms with Crippen LogP contribution in [0.25, 0.3) is 0 Å². The normalized spacial score (nSPS) is 9.45. The van der Waals surface area contributed by atoms with Crippen molar-refractivity contribution < 1.29 is 0 Å². The minimum absolute atomic E-state index is 0.610. The minimum Gasteiger partial charge on any atom is -0.272 e. The first kappa shape index (κ1) is 7.80. The van der Waals surface area contributed by atoms with Gasteiger partial charge in [-0.05, 0) is 19.4 Å². The van der Waals surface area contributed by atoms with Gasteiger partial charge in [0, 0.05) is 19.2 Å².